The summed E-state index contributed by atoms with van der Waals surface area (Å²) in [4.78, 5) is 36.1. The van der Waals surface area contributed by atoms with Gasteiger partial charge in [-0.05, 0) is 47.7 Å². The second kappa shape index (κ2) is 9.91. The molecule has 2 aromatic carbocycles. The Bertz CT molecular complexity index is 914. The zero-order valence-electron chi connectivity index (χ0n) is 18.0. The number of carbonyl (C=O) groups excluding carboxylic acids is 3. The number of anilines is 1. The van der Waals surface area contributed by atoms with E-state index in [0.29, 0.717) is 17.0 Å². The lowest BCUT2D eigenvalue weighted by Crippen LogP contribution is -2.32. The number of carbonyl (C=O) groups is 3. The van der Waals surface area contributed by atoms with Gasteiger partial charge in [-0.2, -0.15) is 0 Å². The molecule has 7 nitrogen and oxygen atoms in total. The number of hydrogen-bond acceptors (Lipinski definition) is 5. The molecular formula is C23H28N2O5. The van der Waals surface area contributed by atoms with Gasteiger partial charge in [0.2, 0.25) is 0 Å². The Morgan fingerprint density at radius 1 is 1.00 bits per heavy atom. The average molecular weight is 412 g/mol. The first-order valence-corrected chi connectivity index (χ1v) is 9.59. The van der Waals surface area contributed by atoms with Crippen molar-refractivity contribution in [3.8, 4) is 5.75 Å². The van der Waals surface area contributed by atoms with E-state index < -0.39 is 18.5 Å². The molecule has 2 rings (SSSR count). The van der Waals surface area contributed by atoms with Crippen LogP contribution in [-0.4, -0.2) is 38.0 Å². The van der Waals surface area contributed by atoms with E-state index in [2.05, 4.69) is 31.4 Å². The van der Waals surface area contributed by atoms with Crippen molar-refractivity contribution in [1.82, 2.24) is 5.32 Å². The Morgan fingerprint density at radius 2 is 1.67 bits per heavy atom. The van der Waals surface area contributed by atoms with Crippen molar-refractivity contribution < 1.29 is 23.9 Å². The summed E-state index contributed by atoms with van der Waals surface area (Å²) >= 11 is 0. The van der Waals surface area contributed by atoms with Gasteiger partial charge in [-0.15, -0.1) is 0 Å². The van der Waals surface area contributed by atoms with Gasteiger partial charge in [0.25, 0.3) is 11.8 Å². The van der Waals surface area contributed by atoms with Gasteiger partial charge in [0.1, 0.15) is 12.3 Å². The summed E-state index contributed by atoms with van der Waals surface area (Å²) in [6.07, 6.45) is 0. The summed E-state index contributed by atoms with van der Waals surface area (Å²) in [5.74, 6) is -1.09. The van der Waals surface area contributed by atoms with Gasteiger partial charge in [0.15, 0.2) is 6.61 Å². The van der Waals surface area contributed by atoms with E-state index in [-0.39, 0.29) is 17.9 Å². The minimum Gasteiger partial charge on any atom is -0.495 e. The molecule has 0 unspecified atom stereocenters. The van der Waals surface area contributed by atoms with Crippen molar-refractivity contribution in [3.05, 3.63) is 59.2 Å². The topological polar surface area (TPSA) is 93.7 Å². The van der Waals surface area contributed by atoms with Crippen molar-refractivity contribution in [1.29, 1.82) is 0 Å². The molecule has 2 amide bonds. The predicted molar refractivity (Wildman–Crippen MR) is 115 cm³/mol. The molecule has 0 saturated carbocycles. The van der Waals surface area contributed by atoms with Crippen LogP contribution in [0.5, 0.6) is 5.75 Å². The van der Waals surface area contributed by atoms with E-state index >= 15 is 0 Å². The van der Waals surface area contributed by atoms with E-state index in [9.17, 15) is 14.4 Å². The normalized spacial score (nSPS) is 10.8. The number of nitrogens with one attached hydrogen (secondary N) is 2. The minimum atomic E-state index is -0.707. The number of aryl methyl sites for hydroxylation is 1. The van der Waals surface area contributed by atoms with E-state index in [0.717, 1.165) is 11.1 Å². The third-order valence-electron chi connectivity index (χ3n) is 4.40. The van der Waals surface area contributed by atoms with Crippen LogP contribution < -0.4 is 15.4 Å². The summed E-state index contributed by atoms with van der Waals surface area (Å²) in [6, 6.07) is 12.5. The maximum absolute atomic E-state index is 12.2. The number of hydrogen-bond donors (Lipinski definition) is 2. The zero-order valence-corrected chi connectivity index (χ0v) is 18.0. The Labute approximate surface area is 176 Å². The fourth-order valence-electron chi connectivity index (χ4n) is 2.68. The standard InChI is InChI=1S/C23H28N2O5/c1-15-6-11-19(29-5)18(12-15)25-20(26)14-30-21(27)13-24-22(28)16-7-9-17(10-8-16)23(2,3)4/h6-12H,13-14H2,1-5H3,(H,24,28)(H,25,26). The van der Waals surface area contributed by atoms with Crippen LogP contribution in [0.15, 0.2) is 42.5 Å². The van der Waals surface area contributed by atoms with Crippen LogP contribution in [0.2, 0.25) is 0 Å². The van der Waals surface area contributed by atoms with Crippen LogP contribution in [0.25, 0.3) is 0 Å². The molecule has 0 spiro atoms. The number of benzene rings is 2. The van der Waals surface area contributed by atoms with Crippen LogP contribution in [0.3, 0.4) is 0 Å². The molecule has 0 aliphatic heterocycles. The lowest BCUT2D eigenvalue weighted by molar-refractivity contribution is -0.146. The molecule has 2 aromatic rings. The summed E-state index contributed by atoms with van der Waals surface area (Å²) in [7, 11) is 1.50. The highest BCUT2D eigenvalue weighted by Crippen LogP contribution is 2.25. The Hall–Kier alpha value is -3.35. The molecular weight excluding hydrogens is 384 g/mol. The Balaban J connectivity index is 1.80. The van der Waals surface area contributed by atoms with Crippen molar-refractivity contribution in [2.24, 2.45) is 0 Å². The molecule has 0 atom stereocenters. The summed E-state index contributed by atoms with van der Waals surface area (Å²) in [5.41, 5.74) is 2.98. The SMILES string of the molecule is COc1ccc(C)cc1NC(=O)COC(=O)CNC(=O)c1ccc(C(C)(C)C)cc1. The van der Waals surface area contributed by atoms with Gasteiger partial charge in [-0.1, -0.05) is 39.0 Å². The van der Waals surface area contributed by atoms with Gasteiger partial charge in [-0.25, -0.2) is 0 Å². The number of rotatable bonds is 7. The number of ether oxygens (including phenoxy) is 2. The fraction of sp³-hybridized carbons (Fsp3) is 0.348. The average Bonchev–Trinajstić information content (AvgIpc) is 2.70. The van der Waals surface area contributed by atoms with Crippen molar-refractivity contribution in [3.63, 3.8) is 0 Å². The first kappa shape index (κ1) is 22.9. The van der Waals surface area contributed by atoms with Gasteiger partial charge in [0.05, 0.1) is 12.8 Å². The third kappa shape index (κ3) is 6.62. The van der Waals surface area contributed by atoms with Crippen molar-refractivity contribution >= 4 is 23.5 Å². The number of esters is 1. The molecule has 0 aromatic heterocycles. The highest BCUT2D eigenvalue weighted by Gasteiger charge is 2.15. The Kier molecular flexibility index (Phi) is 7.58. The van der Waals surface area contributed by atoms with Crippen LogP contribution in [0, 0.1) is 6.92 Å². The van der Waals surface area contributed by atoms with Gasteiger partial charge in [0, 0.05) is 5.56 Å². The maximum Gasteiger partial charge on any atom is 0.325 e. The number of methoxy groups -OCH3 is 1. The van der Waals surface area contributed by atoms with Crippen LogP contribution in [-0.2, 0) is 19.7 Å². The highest BCUT2D eigenvalue weighted by atomic mass is 16.5. The quantitative estimate of drug-likeness (QED) is 0.681. The molecule has 2 N–H and O–H groups in total. The fourth-order valence-corrected chi connectivity index (χ4v) is 2.68. The largest absolute Gasteiger partial charge is 0.495 e. The third-order valence-corrected chi connectivity index (χ3v) is 4.40. The molecule has 0 aliphatic rings. The summed E-state index contributed by atoms with van der Waals surface area (Å²) < 4.78 is 10.1. The molecule has 30 heavy (non-hydrogen) atoms. The molecule has 0 radical (unpaired) electrons. The second-order valence-electron chi connectivity index (χ2n) is 7.92. The van der Waals surface area contributed by atoms with Crippen LogP contribution in [0.1, 0.15) is 42.3 Å². The first-order chi connectivity index (χ1) is 14.1. The summed E-state index contributed by atoms with van der Waals surface area (Å²) in [6.45, 7) is 7.34. The highest BCUT2D eigenvalue weighted by molar-refractivity contribution is 5.97. The lowest BCUT2D eigenvalue weighted by Gasteiger charge is -2.19. The summed E-state index contributed by atoms with van der Waals surface area (Å²) in [5, 5.41) is 5.13. The molecule has 0 aliphatic carbocycles. The predicted octanol–water partition coefficient (Wildman–Crippen LogP) is 3.21. The maximum atomic E-state index is 12.2. The molecule has 160 valence electrons. The first-order valence-electron chi connectivity index (χ1n) is 9.59. The second-order valence-corrected chi connectivity index (χ2v) is 7.92. The molecule has 0 heterocycles. The molecule has 0 saturated heterocycles. The van der Waals surface area contributed by atoms with Crippen molar-refractivity contribution in [2.45, 2.75) is 33.1 Å². The molecule has 0 fully saturated rings. The van der Waals surface area contributed by atoms with Gasteiger partial charge in [-0.3, -0.25) is 14.4 Å². The van der Waals surface area contributed by atoms with Crippen LogP contribution in [0.4, 0.5) is 5.69 Å². The van der Waals surface area contributed by atoms with E-state index in [1.807, 2.05) is 25.1 Å². The Morgan fingerprint density at radius 3 is 2.27 bits per heavy atom. The van der Waals surface area contributed by atoms with Gasteiger partial charge < -0.3 is 20.1 Å². The lowest BCUT2D eigenvalue weighted by atomic mass is 9.87. The number of amides is 2. The van der Waals surface area contributed by atoms with Crippen molar-refractivity contribution in [2.75, 3.05) is 25.6 Å². The van der Waals surface area contributed by atoms with E-state index in [4.69, 9.17) is 9.47 Å². The molecule has 0 bridgehead atoms. The van der Waals surface area contributed by atoms with Crippen LogP contribution >= 0.6 is 0 Å². The minimum absolute atomic E-state index is 0.0121. The zero-order chi connectivity index (χ0) is 22.3. The smallest absolute Gasteiger partial charge is 0.325 e. The monoisotopic (exact) mass is 412 g/mol. The molecule has 7 heteroatoms. The van der Waals surface area contributed by atoms with Gasteiger partial charge >= 0.3 is 5.97 Å². The van der Waals surface area contributed by atoms with E-state index in [1.54, 1.807) is 24.3 Å². The van der Waals surface area contributed by atoms with E-state index in [1.165, 1.54) is 7.11 Å².